The second kappa shape index (κ2) is 5.99. The Morgan fingerprint density at radius 2 is 1.71 bits per heavy atom. The van der Waals surface area contributed by atoms with E-state index in [-0.39, 0.29) is 0 Å². The van der Waals surface area contributed by atoms with Crippen LogP contribution in [0, 0.1) is 0 Å². The molecule has 0 radical (unpaired) electrons. The number of rotatable bonds is 3. The molecule has 0 aliphatic carbocycles. The van der Waals surface area contributed by atoms with E-state index in [0.29, 0.717) is 0 Å². The summed E-state index contributed by atoms with van der Waals surface area (Å²) in [6, 6.07) is 5.86. The van der Waals surface area contributed by atoms with Gasteiger partial charge in [0.15, 0.2) is 0 Å². The van der Waals surface area contributed by atoms with Crippen molar-refractivity contribution in [3.8, 4) is 0 Å². The fourth-order valence-electron chi connectivity index (χ4n) is 3.01. The third-order valence-electron chi connectivity index (χ3n) is 4.29. The van der Waals surface area contributed by atoms with Crippen molar-refractivity contribution in [2.75, 3.05) is 55.0 Å². The van der Waals surface area contributed by atoms with Crippen LogP contribution in [0.3, 0.4) is 0 Å². The van der Waals surface area contributed by atoms with Crippen LogP contribution < -0.4 is 14.7 Å². The summed E-state index contributed by atoms with van der Waals surface area (Å²) >= 11 is 0. The fraction of sp³-hybridized carbons (Fsp3) is 0.353. The highest BCUT2D eigenvalue weighted by atomic mass is 16.3. The van der Waals surface area contributed by atoms with Crippen LogP contribution in [0.1, 0.15) is 0 Å². The molecule has 0 saturated carbocycles. The van der Waals surface area contributed by atoms with E-state index in [9.17, 15) is 0 Å². The number of fused-ring (bicyclic) bond motifs is 1. The van der Waals surface area contributed by atoms with Crippen LogP contribution in [0.25, 0.3) is 11.0 Å². The zero-order valence-electron chi connectivity index (χ0n) is 13.9. The monoisotopic (exact) mass is 324 g/mol. The molecule has 0 spiro atoms. The third-order valence-corrected chi connectivity index (χ3v) is 4.29. The lowest BCUT2D eigenvalue weighted by Crippen LogP contribution is -2.47. The van der Waals surface area contributed by atoms with Gasteiger partial charge in [-0.25, -0.2) is 9.97 Å². The second-order valence-electron chi connectivity index (χ2n) is 6.05. The molecular formula is C17H20N6O. The van der Waals surface area contributed by atoms with Crippen LogP contribution in [0.5, 0.6) is 0 Å². The minimum Gasteiger partial charge on any atom is -0.464 e. The first kappa shape index (κ1) is 14.7. The van der Waals surface area contributed by atoms with Crippen LogP contribution in [0.4, 0.5) is 17.6 Å². The summed E-state index contributed by atoms with van der Waals surface area (Å²) in [6.07, 6.45) is 5.34. The van der Waals surface area contributed by atoms with E-state index in [1.54, 1.807) is 12.5 Å². The molecule has 1 aliphatic heterocycles. The predicted octanol–water partition coefficient (Wildman–Crippen LogP) is 2.01. The molecule has 1 fully saturated rings. The molecule has 0 bridgehead atoms. The summed E-state index contributed by atoms with van der Waals surface area (Å²) in [5, 5.41) is 1.07. The largest absolute Gasteiger partial charge is 0.464 e. The Bertz CT molecular complexity index is 838. The number of furan rings is 1. The predicted molar refractivity (Wildman–Crippen MR) is 94.8 cm³/mol. The molecule has 24 heavy (non-hydrogen) atoms. The van der Waals surface area contributed by atoms with Crippen LogP contribution >= 0.6 is 0 Å². The van der Waals surface area contributed by atoms with Gasteiger partial charge in [-0.2, -0.15) is 4.98 Å². The van der Waals surface area contributed by atoms with Crippen molar-refractivity contribution in [1.29, 1.82) is 0 Å². The van der Waals surface area contributed by atoms with Gasteiger partial charge < -0.3 is 19.1 Å². The summed E-state index contributed by atoms with van der Waals surface area (Å²) in [6.45, 7) is 3.61. The van der Waals surface area contributed by atoms with E-state index >= 15 is 0 Å². The van der Waals surface area contributed by atoms with E-state index in [0.717, 1.165) is 54.7 Å². The lowest BCUT2D eigenvalue weighted by atomic mass is 10.2. The quantitative estimate of drug-likeness (QED) is 0.730. The van der Waals surface area contributed by atoms with E-state index < -0.39 is 0 Å². The molecule has 0 unspecified atom stereocenters. The lowest BCUT2D eigenvalue weighted by Gasteiger charge is -2.36. The lowest BCUT2D eigenvalue weighted by molar-refractivity contribution is 0.614. The summed E-state index contributed by atoms with van der Waals surface area (Å²) in [5.74, 6) is 2.71. The van der Waals surface area contributed by atoms with Crippen LogP contribution in [0.15, 0.2) is 41.3 Å². The van der Waals surface area contributed by atoms with Gasteiger partial charge >= 0.3 is 0 Å². The number of pyridine rings is 1. The Morgan fingerprint density at radius 1 is 0.958 bits per heavy atom. The average molecular weight is 324 g/mol. The highest BCUT2D eigenvalue weighted by Gasteiger charge is 2.21. The van der Waals surface area contributed by atoms with Crippen molar-refractivity contribution in [1.82, 2.24) is 15.0 Å². The summed E-state index contributed by atoms with van der Waals surface area (Å²) in [5.41, 5.74) is 0.883. The molecule has 0 atom stereocenters. The smallest absolute Gasteiger partial charge is 0.226 e. The molecule has 1 aliphatic rings. The number of nitrogens with zero attached hydrogens (tertiary/aromatic N) is 6. The van der Waals surface area contributed by atoms with Gasteiger partial charge in [-0.05, 0) is 18.2 Å². The molecule has 1 saturated heterocycles. The highest BCUT2D eigenvalue weighted by Crippen LogP contribution is 2.26. The number of hydrogen-bond acceptors (Lipinski definition) is 7. The SMILES string of the molecule is CN(C)c1nccc(N2CCN(c3nccc4occc34)CC2)n1. The van der Waals surface area contributed by atoms with Crippen molar-refractivity contribution in [3.63, 3.8) is 0 Å². The maximum Gasteiger partial charge on any atom is 0.226 e. The maximum atomic E-state index is 5.48. The number of anilines is 3. The van der Waals surface area contributed by atoms with Gasteiger partial charge in [-0.1, -0.05) is 0 Å². The average Bonchev–Trinajstić information content (AvgIpc) is 3.11. The summed E-state index contributed by atoms with van der Waals surface area (Å²) < 4.78 is 5.48. The van der Waals surface area contributed by atoms with Gasteiger partial charge in [0.05, 0.1) is 11.6 Å². The van der Waals surface area contributed by atoms with E-state index in [1.165, 1.54) is 0 Å². The zero-order valence-corrected chi connectivity index (χ0v) is 13.9. The van der Waals surface area contributed by atoms with Crippen molar-refractivity contribution in [3.05, 3.63) is 36.9 Å². The van der Waals surface area contributed by atoms with Gasteiger partial charge in [-0.15, -0.1) is 0 Å². The van der Waals surface area contributed by atoms with Gasteiger partial charge in [0.1, 0.15) is 17.2 Å². The molecule has 7 nitrogen and oxygen atoms in total. The number of piperazine rings is 1. The Morgan fingerprint density at radius 3 is 2.50 bits per heavy atom. The Balaban J connectivity index is 1.51. The van der Waals surface area contributed by atoms with Crippen molar-refractivity contribution in [2.24, 2.45) is 0 Å². The molecule has 4 heterocycles. The van der Waals surface area contributed by atoms with Gasteiger partial charge in [0.25, 0.3) is 0 Å². The minimum atomic E-state index is 0.736. The van der Waals surface area contributed by atoms with Crippen LogP contribution in [-0.2, 0) is 0 Å². The van der Waals surface area contributed by atoms with Crippen LogP contribution in [0.2, 0.25) is 0 Å². The van der Waals surface area contributed by atoms with Gasteiger partial charge in [0.2, 0.25) is 5.95 Å². The van der Waals surface area contributed by atoms with E-state index in [4.69, 9.17) is 4.42 Å². The van der Waals surface area contributed by atoms with Crippen molar-refractivity contribution in [2.45, 2.75) is 0 Å². The van der Waals surface area contributed by atoms with Gasteiger partial charge in [0, 0.05) is 52.7 Å². The zero-order chi connectivity index (χ0) is 16.5. The molecule has 3 aromatic rings. The molecule has 0 amide bonds. The first-order chi connectivity index (χ1) is 11.7. The Labute approximate surface area is 140 Å². The van der Waals surface area contributed by atoms with E-state index in [1.807, 2.05) is 43.4 Å². The molecule has 3 aromatic heterocycles. The van der Waals surface area contributed by atoms with Gasteiger partial charge in [-0.3, -0.25) is 0 Å². The normalized spacial score (nSPS) is 15.1. The minimum absolute atomic E-state index is 0.736. The van der Waals surface area contributed by atoms with Crippen molar-refractivity contribution < 1.29 is 4.42 Å². The molecule has 0 N–H and O–H groups in total. The standard InChI is InChI=1S/C17H20N6O/c1-21(2)17-19-7-4-15(20-17)22-8-10-23(11-9-22)16-13-5-12-24-14(13)3-6-18-16/h3-7,12H,8-11H2,1-2H3. The Kier molecular flexibility index (Phi) is 3.68. The van der Waals surface area contributed by atoms with Crippen LogP contribution in [-0.4, -0.2) is 55.2 Å². The molecular weight excluding hydrogens is 304 g/mol. The molecule has 0 aromatic carbocycles. The molecule has 124 valence electrons. The third kappa shape index (κ3) is 2.62. The number of aromatic nitrogens is 3. The fourth-order valence-corrected chi connectivity index (χ4v) is 3.01. The first-order valence-corrected chi connectivity index (χ1v) is 8.05. The summed E-state index contributed by atoms with van der Waals surface area (Å²) in [4.78, 5) is 20.0. The topological polar surface area (TPSA) is 61.5 Å². The highest BCUT2D eigenvalue weighted by molar-refractivity contribution is 5.88. The molecule has 7 heteroatoms. The Hall–Kier alpha value is -2.83. The maximum absolute atomic E-state index is 5.48. The van der Waals surface area contributed by atoms with Crippen molar-refractivity contribution >= 4 is 28.6 Å². The van der Waals surface area contributed by atoms with E-state index in [2.05, 4.69) is 24.8 Å². The molecule has 4 rings (SSSR count). The first-order valence-electron chi connectivity index (χ1n) is 8.05. The second-order valence-corrected chi connectivity index (χ2v) is 6.05. The number of hydrogen-bond donors (Lipinski definition) is 0. The summed E-state index contributed by atoms with van der Waals surface area (Å²) in [7, 11) is 3.91.